The molecule has 9 heteroatoms. The van der Waals surface area contributed by atoms with E-state index in [-0.39, 0.29) is 18.5 Å². The molecule has 0 spiro atoms. The maximum atomic E-state index is 12.9. The number of non-ortho nitro benzene ring substituents is 1. The molecule has 0 atom stereocenters. The van der Waals surface area contributed by atoms with Gasteiger partial charge in [0.15, 0.2) is 0 Å². The number of nitro benzene ring substituents is 1. The molecule has 0 bridgehead atoms. The summed E-state index contributed by atoms with van der Waals surface area (Å²) in [5.41, 5.74) is 3.27. The highest BCUT2D eigenvalue weighted by Gasteiger charge is 2.34. The second-order valence-corrected chi connectivity index (χ2v) is 4.34. The molecule has 0 radical (unpaired) electrons. The maximum absolute atomic E-state index is 12.9. The number of hydrogen-bond donors (Lipinski definition) is 2. The number of carbonyl (C=O) groups is 1. The SMILES string of the molecule is NC(=O)CNCCCc1ccc([N+](=O)[O-])cc1C(F)(F)F. The topological polar surface area (TPSA) is 98.3 Å². The summed E-state index contributed by atoms with van der Waals surface area (Å²) in [4.78, 5) is 20.1. The first kappa shape index (κ1) is 16.9. The molecule has 0 heterocycles. The van der Waals surface area contributed by atoms with Crippen molar-refractivity contribution in [2.24, 2.45) is 5.73 Å². The fraction of sp³-hybridized carbons (Fsp3) is 0.417. The summed E-state index contributed by atoms with van der Waals surface area (Å²) in [5, 5.41) is 13.2. The summed E-state index contributed by atoms with van der Waals surface area (Å²) < 4.78 is 38.6. The summed E-state index contributed by atoms with van der Waals surface area (Å²) in [5.74, 6) is -0.554. The number of alkyl halides is 3. The first-order valence-corrected chi connectivity index (χ1v) is 6.05. The normalized spacial score (nSPS) is 11.4. The minimum absolute atomic E-state index is 0.0195. The Morgan fingerprint density at radius 2 is 2.05 bits per heavy atom. The number of halogens is 3. The molecule has 21 heavy (non-hydrogen) atoms. The standard InChI is InChI=1S/C12H14F3N3O3/c13-12(14,15)10-6-9(18(20)21)4-3-8(10)2-1-5-17-7-11(16)19/h3-4,6,17H,1-2,5,7H2,(H2,16,19). The van der Waals surface area contributed by atoms with Crippen LogP contribution in [0.25, 0.3) is 0 Å². The molecule has 0 aliphatic heterocycles. The number of hydrogen-bond acceptors (Lipinski definition) is 4. The van der Waals surface area contributed by atoms with E-state index >= 15 is 0 Å². The lowest BCUT2D eigenvalue weighted by molar-refractivity contribution is -0.385. The summed E-state index contributed by atoms with van der Waals surface area (Å²) in [6.45, 7) is 0.267. The second kappa shape index (κ2) is 7.02. The van der Waals surface area contributed by atoms with Gasteiger partial charge in [0.25, 0.3) is 5.69 Å². The van der Waals surface area contributed by atoms with Crippen LogP contribution in [0.2, 0.25) is 0 Å². The summed E-state index contributed by atoms with van der Waals surface area (Å²) >= 11 is 0. The molecule has 0 aromatic heterocycles. The number of rotatable bonds is 7. The van der Waals surface area contributed by atoms with Gasteiger partial charge in [0, 0.05) is 12.1 Å². The Morgan fingerprint density at radius 1 is 1.38 bits per heavy atom. The van der Waals surface area contributed by atoms with E-state index in [1.807, 2.05) is 0 Å². The molecule has 1 amide bonds. The van der Waals surface area contributed by atoms with E-state index < -0.39 is 28.3 Å². The second-order valence-electron chi connectivity index (χ2n) is 4.34. The molecule has 0 saturated carbocycles. The predicted molar refractivity (Wildman–Crippen MR) is 68.5 cm³/mol. The van der Waals surface area contributed by atoms with Gasteiger partial charge in [-0.25, -0.2) is 0 Å². The maximum Gasteiger partial charge on any atom is 0.416 e. The van der Waals surface area contributed by atoms with Crippen LogP contribution in [0, 0.1) is 10.1 Å². The van der Waals surface area contributed by atoms with Gasteiger partial charge in [-0.2, -0.15) is 13.2 Å². The lowest BCUT2D eigenvalue weighted by Gasteiger charge is -2.12. The molecule has 1 rings (SSSR count). The predicted octanol–water partition coefficient (Wildman–Crippen LogP) is 1.62. The first-order valence-electron chi connectivity index (χ1n) is 6.05. The van der Waals surface area contributed by atoms with E-state index in [0.717, 1.165) is 12.1 Å². The molecule has 1 aromatic rings. The smallest absolute Gasteiger partial charge is 0.369 e. The number of benzene rings is 1. The van der Waals surface area contributed by atoms with Gasteiger partial charge in [-0.15, -0.1) is 0 Å². The van der Waals surface area contributed by atoms with Crippen LogP contribution in [0.1, 0.15) is 17.5 Å². The lowest BCUT2D eigenvalue weighted by Crippen LogP contribution is -2.29. The van der Waals surface area contributed by atoms with Gasteiger partial charge in [0.2, 0.25) is 5.91 Å². The van der Waals surface area contributed by atoms with Crippen molar-refractivity contribution in [2.45, 2.75) is 19.0 Å². The van der Waals surface area contributed by atoms with Crippen LogP contribution in [0.3, 0.4) is 0 Å². The third-order valence-electron chi connectivity index (χ3n) is 2.71. The molecule has 0 unspecified atom stereocenters. The number of nitrogens with one attached hydrogen (secondary N) is 1. The number of primary amides is 1. The average Bonchev–Trinajstić information content (AvgIpc) is 2.36. The highest BCUT2D eigenvalue weighted by atomic mass is 19.4. The zero-order valence-corrected chi connectivity index (χ0v) is 10.9. The molecule has 116 valence electrons. The van der Waals surface area contributed by atoms with Gasteiger partial charge in [-0.3, -0.25) is 14.9 Å². The van der Waals surface area contributed by atoms with Crippen LogP contribution >= 0.6 is 0 Å². The third-order valence-corrected chi connectivity index (χ3v) is 2.71. The Hall–Kier alpha value is -2.16. The summed E-state index contributed by atoms with van der Waals surface area (Å²) in [6, 6.07) is 2.68. The Kier molecular flexibility index (Phi) is 5.65. The largest absolute Gasteiger partial charge is 0.416 e. The fourth-order valence-electron chi connectivity index (χ4n) is 1.78. The molecule has 0 saturated heterocycles. The molecular weight excluding hydrogens is 291 g/mol. The van der Waals surface area contributed by atoms with Crippen molar-refractivity contribution in [2.75, 3.05) is 13.1 Å². The van der Waals surface area contributed by atoms with Crippen molar-refractivity contribution in [3.63, 3.8) is 0 Å². The van der Waals surface area contributed by atoms with E-state index in [4.69, 9.17) is 5.73 Å². The van der Waals surface area contributed by atoms with E-state index in [9.17, 15) is 28.1 Å². The van der Waals surface area contributed by atoms with Crippen molar-refractivity contribution in [3.8, 4) is 0 Å². The van der Waals surface area contributed by atoms with Crippen LogP contribution in [0.4, 0.5) is 18.9 Å². The van der Waals surface area contributed by atoms with Gasteiger partial charge in [0.1, 0.15) is 0 Å². The van der Waals surface area contributed by atoms with E-state index in [2.05, 4.69) is 5.32 Å². The van der Waals surface area contributed by atoms with Crippen molar-refractivity contribution in [1.29, 1.82) is 0 Å². The van der Waals surface area contributed by atoms with E-state index in [1.165, 1.54) is 0 Å². The van der Waals surface area contributed by atoms with Crippen LogP contribution in [0.15, 0.2) is 18.2 Å². The van der Waals surface area contributed by atoms with E-state index in [0.29, 0.717) is 19.0 Å². The van der Waals surface area contributed by atoms with Crippen molar-refractivity contribution in [1.82, 2.24) is 5.32 Å². The quantitative estimate of drug-likeness (QED) is 0.454. The van der Waals surface area contributed by atoms with Crippen molar-refractivity contribution in [3.05, 3.63) is 39.4 Å². The molecule has 3 N–H and O–H groups in total. The Bertz CT molecular complexity index is 532. The number of amides is 1. The van der Waals surface area contributed by atoms with Crippen LogP contribution < -0.4 is 11.1 Å². The van der Waals surface area contributed by atoms with Crippen LogP contribution in [0.5, 0.6) is 0 Å². The van der Waals surface area contributed by atoms with Crippen molar-refractivity contribution >= 4 is 11.6 Å². The zero-order chi connectivity index (χ0) is 16.0. The molecule has 6 nitrogen and oxygen atoms in total. The average molecular weight is 305 g/mol. The van der Waals surface area contributed by atoms with Gasteiger partial charge in [0.05, 0.1) is 17.0 Å². The molecular formula is C12H14F3N3O3. The number of carbonyl (C=O) groups excluding carboxylic acids is 1. The minimum atomic E-state index is -4.65. The summed E-state index contributed by atoms with van der Waals surface area (Å²) in [6.07, 6.45) is -4.23. The minimum Gasteiger partial charge on any atom is -0.369 e. The molecule has 0 aliphatic rings. The monoisotopic (exact) mass is 305 g/mol. The zero-order valence-electron chi connectivity index (χ0n) is 10.9. The Labute approximate surface area is 118 Å². The van der Waals surface area contributed by atoms with Gasteiger partial charge < -0.3 is 11.1 Å². The van der Waals surface area contributed by atoms with Crippen LogP contribution in [-0.4, -0.2) is 23.9 Å². The van der Waals surface area contributed by atoms with Gasteiger partial charge >= 0.3 is 6.18 Å². The van der Waals surface area contributed by atoms with Gasteiger partial charge in [-0.05, 0) is 24.9 Å². The molecule has 1 aromatic carbocycles. The van der Waals surface area contributed by atoms with Crippen LogP contribution in [-0.2, 0) is 17.4 Å². The highest BCUT2D eigenvalue weighted by molar-refractivity contribution is 5.75. The fourth-order valence-corrected chi connectivity index (χ4v) is 1.78. The summed E-state index contributed by atoms with van der Waals surface area (Å²) in [7, 11) is 0. The third kappa shape index (κ3) is 5.38. The Balaban J connectivity index is 2.77. The molecule has 0 aliphatic carbocycles. The first-order chi connectivity index (χ1) is 9.71. The number of nitrogens with two attached hydrogens (primary N) is 1. The molecule has 0 fully saturated rings. The number of nitro groups is 1. The Morgan fingerprint density at radius 3 is 2.57 bits per heavy atom. The van der Waals surface area contributed by atoms with E-state index in [1.54, 1.807) is 0 Å². The highest BCUT2D eigenvalue weighted by Crippen LogP contribution is 2.34. The number of aryl methyl sites for hydroxylation is 1. The van der Waals surface area contributed by atoms with Gasteiger partial charge in [-0.1, -0.05) is 6.07 Å². The number of nitrogens with zero attached hydrogens (tertiary/aromatic N) is 1. The lowest BCUT2D eigenvalue weighted by atomic mass is 10.0. The van der Waals surface area contributed by atoms with Crippen molar-refractivity contribution < 1.29 is 22.9 Å².